The van der Waals surface area contributed by atoms with E-state index in [-0.39, 0.29) is 38.0 Å². The number of hydrogen-bond acceptors (Lipinski definition) is 7. The summed E-state index contributed by atoms with van der Waals surface area (Å²) in [6, 6.07) is -1.56. The Kier molecular flexibility index (Phi) is 7.53. The fourth-order valence-corrected chi connectivity index (χ4v) is 5.13. The number of azide groups is 2. The second kappa shape index (κ2) is 9.54. The predicted octanol–water partition coefficient (Wildman–Crippen LogP) is 2.39. The number of rotatable bonds is 8. The van der Waals surface area contributed by atoms with Crippen LogP contribution in [-0.2, 0) is 14.3 Å². The van der Waals surface area contributed by atoms with E-state index in [9.17, 15) is 14.4 Å². The molecule has 0 saturated carbocycles. The highest BCUT2D eigenvalue weighted by Crippen LogP contribution is 2.51. The summed E-state index contributed by atoms with van der Waals surface area (Å²) < 4.78 is 4.60. The van der Waals surface area contributed by atoms with Crippen molar-refractivity contribution in [1.82, 2.24) is 15.1 Å². The molecular formula is C17H27N9O4S. The molecule has 0 aliphatic carbocycles. The van der Waals surface area contributed by atoms with Gasteiger partial charge in [-0.3, -0.25) is 9.59 Å². The van der Waals surface area contributed by atoms with Crippen LogP contribution in [0.15, 0.2) is 10.2 Å². The van der Waals surface area contributed by atoms with Gasteiger partial charge in [0.25, 0.3) is 0 Å². The first-order valence-corrected chi connectivity index (χ1v) is 10.6. The van der Waals surface area contributed by atoms with E-state index in [1.165, 1.54) is 21.6 Å². The number of β-lactam (4-membered cyclic amide) rings is 1. The Balaban J connectivity index is 2.15. The molecule has 1 unspecified atom stereocenters. The lowest BCUT2D eigenvalue weighted by Crippen LogP contribution is -2.71. The summed E-state index contributed by atoms with van der Waals surface area (Å²) in [6.07, 6.45) is -0.691. The van der Waals surface area contributed by atoms with Gasteiger partial charge in [-0.15, -0.1) is 11.8 Å². The number of hydrogen-bond donors (Lipinski definition) is 1. The lowest BCUT2D eigenvalue weighted by molar-refractivity contribution is -0.157. The molecule has 2 saturated heterocycles. The zero-order valence-corrected chi connectivity index (χ0v) is 19.0. The monoisotopic (exact) mass is 453 g/mol. The van der Waals surface area contributed by atoms with Crippen LogP contribution >= 0.6 is 11.8 Å². The van der Waals surface area contributed by atoms with E-state index in [2.05, 4.69) is 25.4 Å². The number of alkyl carbamates (subject to hydrolysis) is 1. The second-order valence-corrected chi connectivity index (χ2v) is 10.4. The van der Waals surface area contributed by atoms with Crippen LogP contribution in [-0.4, -0.2) is 81.7 Å². The van der Waals surface area contributed by atoms with Crippen LogP contribution in [0.3, 0.4) is 0 Å². The zero-order chi connectivity index (χ0) is 23.4. The van der Waals surface area contributed by atoms with Crippen molar-refractivity contribution in [3.8, 4) is 0 Å². The molecule has 31 heavy (non-hydrogen) atoms. The molecule has 3 amide bonds. The maximum absolute atomic E-state index is 13.3. The Morgan fingerprint density at radius 3 is 2.26 bits per heavy atom. The number of carbonyl (C=O) groups excluding carboxylic acids is 3. The van der Waals surface area contributed by atoms with Gasteiger partial charge in [0.15, 0.2) is 0 Å². The third-order valence-electron chi connectivity index (χ3n) is 4.73. The highest BCUT2D eigenvalue weighted by molar-refractivity contribution is 8.01. The number of amides is 3. The van der Waals surface area contributed by atoms with Crippen LogP contribution < -0.4 is 5.32 Å². The first-order chi connectivity index (χ1) is 14.4. The van der Waals surface area contributed by atoms with Crippen LogP contribution in [0.1, 0.15) is 34.6 Å². The van der Waals surface area contributed by atoms with Gasteiger partial charge in [-0.1, -0.05) is 10.2 Å². The summed E-state index contributed by atoms with van der Waals surface area (Å²) in [5, 5.41) is 9.11. The fourth-order valence-electron chi connectivity index (χ4n) is 3.51. The summed E-state index contributed by atoms with van der Waals surface area (Å²) in [6.45, 7) is 9.27. The Labute approximate surface area is 184 Å². The molecule has 2 aliphatic heterocycles. The minimum Gasteiger partial charge on any atom is -0.444 e. The third kappa shape index (κ3) is 5.66. The molecule has 0 aromatic rings. The lowest BCUT2D eigenvalue weighted by Gasteiger charge is -2.45. The summed E-state index contributed by atoms with van der Waals surface area (Å²) in [5.41, 5.74) is 16.3. The van der Waals surface area contributed by atoms with E-state index < -0.39 is 33.9 Å². The predicted molar refractivity (Wildman–Crippen MR) is 114 cm³/mol. The van der Waals surface area contributed by atoms with Crippen molar-refractivity contribution in [2.45, 2.75) is 62.4 Å². The standard InChI is InChI=1S/C17H27N9O4S/c1-16(2,3)30-15(29)22-10-12(27)26-11(17(4,5)31-14(10)26)13(28)25(8-6-20-23-18)9-7-21-24-19/h10-11,14H,6-9H2,1-5H3,(H,22,29)/t10-,11+,14?/m1/s1. The lowest BCUT2D eigenvalue weighted by atomic mass is 9.94. The van der Waals surface area contributed by atoms with Crippen molar-refractivity contribution in [1.29, 1.82) is 0 Å². The van der Waals surface area contributed by atoms with E-state index in [1.807, 2.05) is 13.8 Å². The summed E-state index contributed by atoms with van der Waals surface area (Å²) in [4.78, 5) is 46.6. The van der Waals surface area contributed by atoms with Gasteiger partial charge in [-0.2, -0.15) is 0 Å². The second-order valence-electron chi connectivity index (χ2n) is 8.62. The summed E-state index contributed by atoms with van der Waals surface area (Å²) >= 11 is 1.42. The van der Waals surface area contributed by atoms with E-state index in [4.69, 9.17) is 15.8 Å². The zero-order valence-electron chi connectivity index (χ0n) is 18.2. The van der Waals surface area contributed by atoms with Crippen LogP contribution in [0.2, 0.25) is 0 Å². The molecule has 13 nitrogen and oxygen atoms in total. The van der Waals surface area contributed by atoms with Crippen molar-refractivity contribution >= 4 is 29.7 Å². The van der Waals surface area contributed by atoms with Crippen LogP contribution in [0.25, 0.3) is 20.9 Å². The first kappa shape index (κ1) is 24.4. The largest absolute Gasteiger partial charge is 0.444 e. The Morgan fingerprint density at radius 2 is 1.77 bits per heavy atom. The number of thioether (sulfide) groups is 1. The van der Waals surface area contributed by atoms with Gasteiger partial charge >= 0.3 is 6.09 Å². The fraction of sp³-hybridized carbons (Fsp3) is 0.824. The molecule has 0 bridgehead atoms. The number of carbonyl (C=O) groups is 3. The van der Waals surface area contributed by atoms with Crippen molar-refractivity contribution in [3.05, 3.63) is 20.9 Å². The number of nitrogens with zero attached hydrogens (tertiary/aromatic N) is 8. The molecule has 2 fully saturated rings. The smallest absolute Gasteiger partial charge is 0.408 e. The van der Waals surface area contributed by atoms with Crippen molar-refractivity contribution in [2.75, 3.05) is 26.2 Å². The van der Waals surface area contributed by atoms with Gasteiger partial charge in [0.2, 0.25) is 11.8 Å². The Bertz CT molecular complexity index is 808. The molecule has 0 radical (unpaired) electrons. The molecule has 0 aromatic heterocycles. The first-order valence-electron chi connectivity index (χ1n) is 9.73. The number of fused-ring (bicyclic) bond motifs is 1. The molecule has 2 aliphatic rings. The number of nitrogens with one attached hydrogen (secondary N) is 1. The maximum atomic E-state index is 13.3. The summed E-state index contributed by atoms with van der Waals surface area (Å²) in [5.74, 6) is -0.692. The number of ether oxygens (including phenoxy) is 1. The maximum Gasteiger partial charge on any atom is 0.408 e. The van der Waals surface area contributed by atoms with Crippen LogP contribution in [0.4, 0.5) is 4.79 Å². The van der Waals surface area contributed by atoms with Crippen LogP contribution in [0, 0.1) is 0 Å². The molecule has 2 heterocycles. The van der Waals surface area contributed by atoms with Gasteiger partial charge in [0, 0.05) is 40.7 Å². The SMILES string of the molecule is CC(C)(C)OC(=O)N[C@@H]1C(=O)N2C1SC(C)(C)[C@@H]2C(=O)N(CCN=[N+]=[N-])CCN=[N+]=[N-]. The van der Waals surface area contributed by atoms with E-state index in [0.717, 1.165) is 0 Å². The van der Waals surface area contributed by atoms with E-state index in [0.29, 0.717) is 0 Å². The third-order valence-corrected chi connectivity index (χ3v) is 6.30. The molecular weight excluding hydrogens is 426 g/mol. The molecule has 0 aromatic carbocycles. The van der Waals surface area contributed by atoms with Crippen molar-refractivity contribution in [2.24, 2.45) is 10.2 Å². The van der Waals surface area contributed by atoms with Gasteiger partial charge in [0.1, 0.15) is 23.1 Å². The van der Waals surface area contributed by atoms with E-state index >= 15 is 0 Å². The van der Waals surface area contributed by atoms with Crippen molar-refractivity contribution < 1.29 is 19.1 Å². The average Bonchev–Trinajstić information content (AvgIpc) is 2.91. The van der Waals surface area contributed by atoms with Crippen molar-refractivity contribution in [3.63, 3.8) is 0 Å². The molecule has 170 valence electrons. The molecule has 14 heteroatoms. The van der Waals surface area contributed by atoms with Gasteiger partial charge in [0.05, 0.1) is 0 Å². The minimum atomic E-state index is -0.781. The van der Waals surface area contributed by atoms with Crippen LogP contribution in [0.5, 0.6) is 0 Å². The molecule has 1 N–H and O–H groups in total. The highest BCUT2D eigenvalue weighted by atomic mass is 32.2. The molecule has 2 rings (SSSR count). The average molecular weight is 454 g/mol. The minimum absolute atomic E-state index is 0.0546. The van der Waals surface area contributed by atoms with Gasteiger partial charge < -0.3 is 19.9 Å². The topological polar surface area (TPSA) is 176 Å². The summed E-state index contributed by atoms with van der Waals surface area (Å²) in [7, 11) is 0. The van der Waals surface area contributed by atoms with Gasteiger partial charge in [-0.25, -0.2) is 4.79 Å². The highest BCUT2D eigenvalue weighted by Gasteiger charge is 2.64. The quantitative estimate of drug-likeness (QED) is 0.256. The normalized spacial score (nSPS) is 23.6. The Hall–Kier alpha value is -2.82. The molecule has 0 spiro atoms. The Morgan fingerprint density at radius 1 is 1.23 bits per heavy atom. The van der Waals surface area contributed by atoms with E-state index in [1.54, 1.807) is 20.8 Å². The molecule has 3 atom stereocenters. The van der Waals surface area contributed by atoms with Gasteiger partial charge in [-0.05, 0) is 45.7 Å².